The number of ether oxygens (including phenoxy) is 2. The Labute approximate surface area is 181 Å². The van der Waals surface area contributed by atoms with Crippen molar-refractivity contribution in [3.8, 4) is 5.75 Å². The van der Waals surface area contributed by atoms with E-state index < -0.39 is 5.41 Å². The number of hydrogen-bond donors (Lipinski definition) is 1. The smallest absolute Gasteiger partial charge is 0.248 e. The summed E-state index contributed by atoms with van der Waals surface area (Å²) < 4.78 is 15.7. The summed E-state index contributed by atoms with van der Waals surface area (Å²) in [5.74, 6) is 1.94. The molecule has 2 amide bonds. The maximum absolute atomic E-state index is 12.7. The molecule has 1 aromatic heterocycles. The number of aryl methyl sites for hydroxylation is 1. The summed E-state index contributed by atoms with van der Waals surface area (Å²) in [4.78, 5) is 31.4. The van der Waals surface area contributed by atoms with Crippen LogP contribution in [0.5, 0.6) is 5.75 Å². The van der Waals surface area contributed by atoms with E-state index in [9.17, 15) is 9.59 Å². The lowest BCUT2D eigenvalue weighted by molar-refractivity contribution is -0.134. The molecule has 4 rings (SSSR count). The number of benzene rings is 1. The van der Waals surface area contributed by atoms with E-state index in [1.807, 2.05) is 29.2 Å². The number of amides is 2. The van der Waals surface area contributed by atoms with Gasteiger partial charge in [0.25, 0.3) is 0 Å². The zero-order valence-corrected chi connectivity index (χ0v) is 18.1. The molecule has 0 spiro atoms. The number of likely N-dealkylation sites (tertiary alicyclic amines) is 1. The van der Waals surface area contributed by atoms with Crippen LogP contribution < -0.4 is 10.1 Å². The molecule has 166 valence electrons. The number of hydrogen-bond acceptors (Lipinski definition) is 7. The molecule has 0 bridgehead atoms. The Morgan fingerprint density at radius 2 is 2.06 bits per heavy atom. The second-order valence-electron chi connectivity index (χ2n) is 8.44. The fourth-order valence-electron chi connectivity index (χ4n) is 4.92. The van der Waals surface area contributed by atoms with Crippen LogP contribution in [0, 0.1) is 12.8 Å². The molecule has 1 saturated carbocycles. The molecule has 1 aromatic carbocycles. The van der Waals surface area contributed by atoms with Crippen LogP contribution in [0.25, 0.3) is 0 Å². The molecular formula is C22H28N4O5. The van der Waals surface area contributed by atoms with Crippen LogP contribution in [0.1, 0.15) is 30.1 Å². The second-order valence-corrected chi connectivity index (χ2v) is 8.44. The standard InChI is InChI=1S/C22H28N4O5/c1-14-23-21(31-25-14)22-10-17(9-16(22)11-26(13-22)20(28)12-29-2)24-19(27)8-15-4-6-18(30-3)7-5-15/h4-7,16-17H,8-13H2,1-3H3,(H,24,27)/t16?,17-,22+/m1/s1. The quantitative estimate of drug-likeness (QED) is 0.707. The van der Waals surface area contributed by atoms with Crippen molar-refractivity contribution in [3.05, 3.63) is 41.5 Å². The normalized spacial score (nSPS) is 24.8. The summed E-state index contributed by atoms with van der Waals surface area (Å²) in [5.41, 5.74) is 0.484. The van der Waals surface area contributed by atoms with E-state index in [0.717, 1.165) is 17.7 Å². The van der Waals surface area contributed by atoms with Gasteiger partial charge in [-0.3, -0.25) is 9.59 Å². The van der Waals surface area contributed by atoms with Crippen LogP contribution in [-0.2, 0) is 26.2 Å². The molecule has 1 aliphatic carbocycles. The van der Waals surface area contributed by atoms with Gasteiger partial charge in [-0.05, 0) is 43.4 Å². The van der Waals surface area contributed by atoms with Crippen molar-refractivity contribution in [3.63, 3.8) is 0 Å². The maximum Gasteiger partial charge on any atom is 0.248 e. The number of methoxy groups -OCH3 is 2. The minimum atomic E-state index is -0.442. The highest BCUT2D eigenvalue weighted by atomic mass is 16.5. The van der Waals surface area contributed by atoms with Gasteiger partial charge in [-0.1, -0.05) is 17.3 Å². The Bertz CT molecular complexity index is 944. The lowest BCUT2D eigenvalue weighted by Gasteiger charge is -2.25. The number of aromatic nitrogens is 2. The third-order valence-electron chi connectivity index (χ3n) is 6.34. The second kappa shape index (κ2) is 8.66. The van der Waals surface area contributed by atoms with Crippen molar-refractivity contribution < 1.29 is 23.6 Å². The van der Waals surface area contributed by atoms with E-state index in [0.29, 0.717) is 37.6 Å². The van der Waals surface area contributed by atoms with Crippen molar-refractivity contribution in [2.75, 3.05) is 33.9 Å². The third-order valence-corrected chi connectivity index (χ3v) is 6.34. The molecule has 3 atom stereocenters. The number of rotatable bonds is 7. The summed E-state index contributed by atoms with van der Waals surface area (Å²) in [7, 11) is 3.13. The molecule has 0 radical (unpaired) electrons. The zero-order chi connectivity index (χ0) is 22.0. The van der Waals surface area contributed by atoms with E-state index in [2.05, 4.69) is 15.5 Å². The highest BCUT2D eigenvalue weighted by molar-refractivity contribution is 5.79. The van der Waals surface area contributed by atoms with Crippen LogP contribution in [0.15, 0.2) is 28.8 Å². The molecule has 9 heteroatoms. The largest absolute Gasteiger partial charge is 0.497 e. The predicted octanol–water partition coefficient (Wildman–Crippen LogP) is 1.25. The Morgan fingerprint density at radius 1 is 1.29 bits per heavy atom. The van der Waals surface area contributed by atoms with Crippen LogP contribution in [0.3, 0.4) is 0 Å². The summed E-state index contributed by atoms with van der Waals surface area (Å²) >= 11 is 0. The minimum absolute atomic E-state index is 0.0115. The first-order valence-corrected chi connectivity index (χ1v) is 10.4. The van der Waals surface area contributed by atoms with Crippen LogP contribution in [0.4, 0.5) is 0 Å². The Morgan fingerprint density at radius 3 is 2.71 bits per heavy atom. The van der Waals surface area contributed by atoms with E-state index in [1.165, 1.54) is 7.11 Å². The molecule has 2 heterocycles. The molecule has 1 saturated heterocycles. The number of carbonyl (C=O) groups is 2. The van der Waals surface area contributed by atoms with Gasteiger partial charge in [0.05, 0.1) is 18.9 Å². The van der Waals surface area contributed by atoms with Crippen molar-refractivity contribution in [2.24, 2.45) is 5.92 Å². The Hall–Kier alpha value is -2.94. The molecule has 2 aromatic rings. The Balaban J connectivity index is 1.45. The first-order chi connectivity index (χ1) is 14.9. The molecular weight excluding hydrogens is 400 g/mol. The van der Waals surface area contributed by atoms with Gasteiger partial charge in [-0.2, -0.15) is 4.98 Å². The molecule has 1 N–H and O–H groups in total. The first-order valence-electron chi connectivity index (χ1n) is 10.4. The predicted molar refractivity (Wildman–Crippen MR) is 111 cm³/mol. The molecule has 31 heavy (non-hydrogen) atoms. The van der Waals surface area contributed by atoms with Gasteiger partial charge in [-0.15, -0.1) is 0 Å². The summed E-state index contributed by atoms with van der Waals surface area (Å²) in [6, 6.07) is 7.47. The van der Waals surface area contributed by atoms with Gasteiger partial charge < -0.3 is 24.2 Å². The third kappa shape index (κ3) is 4.27. The average Bonchev–Trinajstić information content (AvgIpc) is 3.41. The summed E-state index contributed by atoms with van der Waals surface area (Å²) in [6.45, 7) is 2.92. The van der Waals surface area contributed by atoms with Crippen LogP contribution in [0.2, 0.25) is 0 Å². The lowest BCUT2D eigenvalue weighted by atomic mass is 9.80. The molecule has 9 nitrogen and oxygen atoms in total. The van der Waals surface area contributed by atoms with Gasteiger partial charge in [0, 0.05) is 26.2 Å². The molecule has 2 fully saturated rings. The van der Waals surface area contributed by atoms with Gasteiger partial charge in [0.1, 0.15) is 12.4 Å². The van der Waals surface area contributed by atoms with Crippen LogP contribution >= 0.6 is 0 Å². The van der Waals surface area contributed by atoms with E-state index in [4.69, 9.17) is 14.0 Å². The average molecular weight is 428 g/mol. The van der Waals surface area contributed by atoms with E-state index in [1.54, 1.807) is 14.0 Å². The van der Waals surface area contributed by atoms with Crippen LogP contribution in [-0.4, -0.2) is 66.8 Å². The summed E-state index contributed by atoms with van der Waals surface area (Å²) in [6.07, 6.45) is 1.72. The minimum Gasteiger partial charge on any atom is -0.497 e. The topological polar surface area (TPSA) is 107 Å². The van der Waals surface area contributed by atoms with E-state index >= 15 is 0 Å². The number of nitrogens with one attached hydrogen (secondary N) is 1. The summed E-state index contributed by atoms with van der Waals surface area (Å²) in [5, 5.41) is 7.13. The lowest BCUT2D eigenvalue weighted by Crippen LogP contribution is -2.40. The molecule has 1 unspecified atom stereocenters. The fourth-order valence-corrected chi connectivity index (χ4v) is 4.92. The highest BCUT2D eigenvalue weighted by Crippen LogP contribution is 2.50. The monoisotopic (exact) mass is 428 g/mol. The number of nitrogens with zero attached hydrogens (tertiary/aromatic N) is 3. The first kappa shape index (κ1) is 21.3. The Kier molecular flexibility index (Phi) is 5.95. The molecule has 1 aliphatic heterocycles. The fraction of sp³-hybridized carbons (Fsp3) is 0.545. The van der Waals surface area contributed by atoms with Crippen molar-refractivity contribution in [1.82, 2.24) is 20.4 Å². The van der Waals surface area contributed by atoms with Crippen molar-refractivity contribution >= 4 is 11.8 Å². The molecule has 2 aliphatic rings. The van der Waals surface area contributed by atoms with Gasteiger partial charge in [0.2, 0.25) is 17.7 Å². The van der Waals surface area contributed by atoms with Gasteiger partial charge in [0.15, 0.2) is 5.82 Å². The maximum atomic E-state index is 12.7. The number of fused-ring (bicyclic) bond motifs is 1. The highest BCUT2D eigenvalue weighted by Gasteiger charge is 2.58. The van der Waals surface area contributed by atoms with Gasteiger partial charge in [-0.25, -0.2) is 0 Å². The SMILES string of the molecule is COCC(=O)N1CC2C[C@@H](NC(=O)Cc3ccc(OC)cc3)C[C@]2(c2nc(C)no2)C1. The number of carbonyl (C=O) groups excluding carboxylic acids is 2. The van der Waals surface area contributed by atoms with E-state index in [-0.39, 0.29) is 30.4 Å². The van der Waals surface area contributed by atoms with Crippen molar-refractivity contribution in [2.45, 2.75) is 37.6 Å². The van der Waals surface area contributed by atoms with Crippen molar-refractivity contribution in [1.29, 1.82) is 0 Å². The van der Waals surface area contributed by atoms with Gasteiger partial charge >= 0.3 is 0 Å². The zero-order valence-electron chi connectivity index (χ0n) is 18.1.